The molecule has 1 aromatic carbocycles. The summed E-state index contributed by atoms with van der Waals surface area (Å²) >= 11 is 0. The molecule has 0 amide bonds. The number of benzene rings is 1. The number of ketones is 1. The first-order valence-electron chi connectivity index (χ1n) is 6.76. The number of carboxylic acids is 1. The van der Waals surface area contributed by atoms with E-state index in [0.717, 1.165) is 19.6 Å². The number of carbonyl (C=O) groups excluding carboxylic acids is 1. The van der Waals surface area contributed by atoms with E-state index in [1.54, 1.807) is 12.1 Å². The number of carbonyl (C=O) groups is 2. The normalized spacial score (nSPS) is 16.2. The second-order valence-corrected chi connectivity index (χ2v) is 4.96. The van der Waals surface area contributed by atoms with Crippen LogP contribution in [0.25, 0.3) is 0 Å². The third-order valence-corrected chi connectivity index (χ3v) is 3.54. The Balaban J connectivity index is 1.92. The van der Waals surface area contributed by atoms with Crippen molar-refractivity contribution in [2.75, 3.05) is 19.6 Å². The molecular weight excluding hydrogens is 242 g/mol. The third-order valence-electron chi connectivity index (χ3n) is 3.54. The molecule has 1 heterocycles. The van der Waals surface area contributed by atoms with Crippen molar-refractivity contribution < 1.29 is 14.7 Å². The van der Waals surface area contributed by atoms with Gasteiger partial charge in [0, 0.05) is 18.5 Å². The molecule has 4 heteroatoms. The second kappa shape index (κ2) is 6.48. The number of rotatable bonds is 5. The fraction of sp³-hybridized carbons (Fsp3) is 0.467. The first-order valence-corrected chi connectivity index (χ1v) is 6.76. The van der Waals surface area contributed by atoms with Gasteiger partial charge in [0.1, 0.15) is 0 Å². The van der Waals surface area contributed by atoms with Gasteiger partial charge in [-0.25, -0.2) is 4.79 Å². The minimum Gasteiger partial charge on any atom is -0.478 e. The summed E-state index contributed by atoms with van der Waals surface area (Å²) in [5.41, 5.74) is 0.667. The molecule has 0 atom stereocenters. The molecule has 0 radical (unpaired) electrons. The van der Waals surface area contributed by atoms with E-state index in [1.807, 2.05) is 0 Å². The van der Waals surface area contributed by atoms with Crippen LogP contribution in [0.4, 0.5) is 0 Å². The van der Waals surface area contributed by atoms with E-state index in [4.69, 9.17) is 5.11 Å². The monoisotopic (exact) mass is 261 g/mol. The van der Waals surface area contributed by atoms with Crippen molar-refractivity contribution in [1.29, 1.82) is 0 Å². The van der Waals surface area contributed by atoms with E-state index in [0.29, 0.717) is 12.0 Å². The molecule has 102 valence electrons. The Morgan fingerprint density at radius 3 is 2.47 bits per heavy atom. The van der Waals surface area contributed by atoms with Gasteiger partial charge in [0.2, 0.25) is 0 Å². The molecule has 0 bridgehead atoms. The van der Waals surface area contributed by atoms with Crippen LogP contribution in [0.2, 0.25) is 0 Å². The van der Waals surface area contributed by atoms with Crippen molar-refractivity contribution in [2.45, 2.75) is 25.7 Å². The summed E-state index contributed by atoms with van der Waals surface area (Å²) in [5.74, 6) is -0.973. The SMILES string of the molecule is O=C(O)c1cccc(C(=O)CCN2CCCCC2)c1. The van der Waals surface area contributed by atoms with Crippen LogP contribution in [0.15, 0.2) is 24.3 Å². The quantitative estimate of drug-likeness (QED) is 0.827. The lowest BCUT2D eigenvalue weighted by molar-refractivity contribution is 0.0697. The van der Waals surface area contributed by atoms with E-state index in [2.05, 4.69) is 4.90 Å². The fourth-order valence-corrected chi connectivity index (χ4v) is 2.41. The number of carboxylic acid groups (broad SMARTS) is 1. The molecule has 19 heavy (non-hydrogen) atoms. The van der Waals surface area contributed by atoms with Gasteiger partial charge in [-0.05, 0) is 38.1 Å². The molecule has 0 unspecified atom stereocenters. The van der Waals surface area contributed by atoms with Gasteiger partial charge in [-0.15, -0.1) is 0 Å². The summed E-state index contributed by atoms with van der Waals surface area (Å²) in [6.45, 7) is 2.92. The number of nitrogens with zero attached hydrogens (tertiary/aromatic N) is 1. The molecule has 1 saturated heterocycles. The predicted octanol–water partition coefficient (Wildman–Crippen LogP) is 2.44. The molecule has 1 fully saturated rings. The first-order chi connectivity index (χ1) is 9.16. The standard InChI is InChI=1S/C15H19NO3/c17-14(7-10-16-8-2-1-3-9-16)12-5-4-6-13(11-12)15(18)19/h4-6,11H,1-3,7-10H2,(H,18,19). The minimum atomic E-state index is -0.995. The molecule has 2 rings (SSSR count). The Bertz CT molecular complexity index is 464. The lowest BCUT2D eigenvalue weighted by atomic mass is 10.0. The Hall–Kier alpha value is -1.68. The van der Waals surface area contributed by atoms with Crippen LogP contribution in [0.3, 0.4) is 0 Å². The maximum Gasteiger partial charge on any atom is 0.335 e. The molecule has 0 aromatic heterocycles. The van der Waals surface area contributed by atoms with E-state index in [9.17, 15) is 9.59 Å². The maximum atomic E-state index is 12.0. The van der Waals surface area contributed by atoms with E-state index >= 15 is 0 Å². The topological polar surface area (TPSA) is 57.6 Å². The lowest BCUT2D eigenvalue weighted by Gasteiger charge is -2.25. The van der Waals surface area contributed by atoms with Crippen LogP contribution in [0.1, 0.15) is 46.4 Å². The van der Waals surface area contributed by atoms with E-state index < -0.39 is 5.97 Å². The van der Waals surface area contributed by atoms with Crippen molar-refractivity contribution in [3.8, 4) is 0 Å². The van der Waals surface area contributed by atoms with Crippen molar-refractivity contribution in [2.24, 2.45) is 0 Å². The van der Waals surface area contributed by atoms with Gasteiger partial charge in [-0.3, -0.25) is 4.79 Å². The molecule has 0 spiro atoms. The minimum absolute atomic E-state index is 0.0219. The highest BCUT2D eigenvalue weighted by Gasteiger charge is 2.13. The van der Waals surface area contributed by atoms with Gasteiger partial charge >= 0.3 is 5.97 Å². The number of hydrogen-bond acceptors (Lipinski definition) is 3. The van der Waals surface area contributed by atoms with Gasteiger partial charge < -0.3 is 10.0 Å². The van der Waals surface area contributed by atoms with Gasteiger partial charge in [0.05, 0.1) is 5.56 Å². The highest BCUT2D eigenvalue weighted by atomic mass is 16.4. The van der Waals surface area contributed by atoms with Crippen molar-refractivity contribution in [3.05, 3.63) is 35.4 Å². The summed E-state index contributed by atoms with van der Waals surface area (Å²) in [6, 6.07) is 6.27. The highest BCUT2D eigenvalue weighted by molar-refractivity contribution is 5.98. The van der Waals surface area contributed by atoms with Crippen molar-refractivity contribution in [1.82, 2.24) is 4.90 Å². The van der Waals surface area contributed by atoms with Crippen LogP contribution in [-0.2, 0) is 0 Å². The zero-order chi connectivity index (χ0) is 13.7. The van der Waals surface area contributed by atoms with E-state index in [-0.39, 0.29) is 11.3 Å². The maximum absolute atomic E-state index is 12.0. The summed E-state index contributed by atoms with van der Waals surface area (Å²) in [7, 11) is 0. The smallest absolute Gasteiger partial charge is 0.335 e. The zero-order valence-electron chi connectivity index (χ0n) is 11.0. The number of likely N-dealkylation sites (tertiary alicyclic amines) is 1. The number of Topliss-reactive ketones (excluding diaryl/α,β-unsaturated/α-hetero) is 1. The molecule has 1 aliphatic heterocycles. The Morgan fingerprint density at radius 2 is 1.79 bits per heavy atom. The largest absolute Gasteiger partial charge is 0.478 e. The predicted molar refractivity (Wildman–Crippen MR) is 72.6 cm³/mol. The summed E-state index contributed by atoms with van der Waals surface area (Å²) in [6.07, 6.45) is 4.17. The van der Waals surface area contributed by atoms with Gasteiger partial charge in [-0.1, -0.05) is 18.6 Å². The van der Waals surface area contributed by atoms with Crippen LogP contribution in [0, 0.1) is 0 Å². The molecule has 0 saturated carbocycles. The Labute approximate surface area is 113 Å². The second-order valence-electron chi connectivity index (χ2n) is 4.96. The molecule has 1 aliphatic rings. The van der Waals surface area contributed by atoms with Crippen LogP contribution in [0.5, 0.6) is 0 Å². The number of aromatic carboxylic acids is 1. The average molecular weight is 261 g/mol. The molecule has 0 aliphatic carbocycles. The molecule has 4 nitrogen and oxygen atoms in total. The molecule has 1 N–H and O–H groups in total. The number of piperidine rings is 1. The Kier molecular flexibility index (Phi) is 4.68. The van der Waals surface area contributed by atoms with Crippen LogP contribution >= 0.6 is 0 Å². The van der Waals surface area contributed by atoms with Gasteiger partial charge in [0.25, 0.3) is 0 Å². The zero-order valence-corrected chi connectivity index (χ0v) is 11.0. The fourth-order valence-electron chi connectivity index (χ4n) is 2.41. The summed E-state index contributed by atoms with van der Waals surface area (Å²) < 4.78 is 0. The Morgan fingerprint density at radius 1 is 1.11 bits per heavy atom. The number of hydrogen-bond donors (Lipinski definition) is 1. The first kappa shape index (κ1) is 13.7. The van der Waals surface area contributed by atoms with Crippen molar-refractivity contribution in [3.63, 3.8) is 0 Å². The highest BCUT2D eigenvalue weighted by Crippen LogP contribution is 2.12. The lowest BCUT2D eigenvalue weighted by Crippen LogP contribution is -2.31. The summed E-state index contributed by atoms with van der Waals surface area (Å²) in [5, 5.41) is 8.91. The average Bonchev–Trinajstić information content (AvgIpc) is 2.46. The molecule has 1 aromatic rings. The van der Waals surface area contributed by atoms with Crippen LogP contribution < -0.4 is 0 Å². The van der Waals surface area contributed by atoms with Gasteiger partial charge in [0.15, 0.2) is 5.78 Å². The van der Waals surface area contributed by atoms with Crippen molar-refractivity contribution >= 4 is 11.8 Å². The van der Waals surface area contributed by atoms with E-state index in [1.165, 1.54) is 31.4 Å². The van der Waals surface area contributed by atoms with Crippen LogP contribution in [-0.4, -0.2) is 41.4 Å². The van der Waals surface area contributed by atoms with Gasteiger partial charge in [-0.2, -0.15) is 0 Å². The molecular formula is C15H19NO3. The summed E-state index contributed by atoms with van der Waals surface area (Å²) in [4.78, 5) is 25.2. The third kappa shape index (κ3) is 3.89.